The maximum Gasteiger partial charge on any atom is 0.319 e. The first-order chi connectivity index (χ1) is 9.15. The number of aliphatic hydroxyl groups excluding tert-OH is 1. The minimum atomic E-state index is -0.481. The highest BCUT2D eigenvalue weighted by Gasteiger charge is 2.20. The Morgan fingerprint density at radius 1 is 1.37 bits per heavy atom. The number of urea groups is 1. The molecule has 4 heteroatoms. The van der Waals surface area contributed by atoms with Crippen molar-refractivity contribution >= 4 is 11.7 Å². The van der Waals surface area contributed by atoms with Crippen molar-refractivity contribution in [2.24, 2.45) is 5.92 Å². The molecule has 0 spiro atoms. The van der Waals surface area contributed by atoms with Gasteiger partial charge in [0, 0.05) is 12.2 Å². The van der Waals surface area contributed by atoms with Crippen molar-refractivity contribution in [1.29, 1.82) is 0 Å². The number of amides is 2. The summed E-state index contributed by atoms with van der Waals surface area (Å²) in [6.45, 7) is 2.45. The van der Waals surface area contributed by atoms with Gasteiger partial charge in [0.25, 0.3) is 0 Å². The number of aliphatic hydroxyl groups is 1. The zero-order chi connectivity index (χ0) is 13.7. The van der Waals surface area contributed by atoms with Crippen LogP contribution in [0.2, 0.25) is 0 Å². The maximum atomic E-state index is 11.6. The van der Waals surface area contributed by atoms with Crippen LogP contribution in [0.4, 0.5) is 10.5 Å². The van der Waals surface area contributed by atoms with Crippen LogP contribution in [0, 0.1) is 5.92 Å². The van der Waals surface area contributed by atoms with E-state index < -0.39 is 6.10 Å². The fraction of sp³-hybridized carbons (Fsp3) is 0.533. The third kappa shape index (κ3) is 4.91. The first-order valence-electron chi connectivity index (χ1n) is 6.98. The molecule has 1 aliphatic carbocycles. The molecule has 1 unspecified atom stereocenters. The molecule has 0 bridgehead atoms. The lowest BCUT2D eigenvalue weighted by Crippen LogP contribution is -2.29. The number of hydrogen-bond acceptors (Lipinski definition) is 2. The maximum absolute atomic E-state index is 11.6. The second-order valence-corrected chi connectivity index (χ2v) is 5.26. The van der Waals surface area contributed by atoms with Crippen LogP contribution in [0.1, 0.15) is 44.3 Å². The van der Waals surface area contributed by atoms with Crippen molar-refractivity contribution in [3.8, 4) is 0 Å². The number of hydrogen-bond donors (Lipinski definition) is 3. The van der Waals surface area contributed by atoms with E-state index in [9.17, 15) is 9.90 Å². The number of carbonyl (C=O) groups is 1. The summed E-state index contributed by atoms with van der Waals surface area (Å²) in [5.74, 6) is 0.915. The van der Waals surface area contributed by atoms with Gasteiger partial charge in [0.15, 0.2) is 0 Å². The van der Waals surface area contributed by atoms with Gasteiger partial charge in [0.05, 0.1) is 6.10 Å². The highest BCUT2D eigenvalue weighted by atomic mass is 16.3. The molecule has 0 radical (unpaired) electrons. The molecule has 0 saturated heterocycles. The molecule has 0 aliphatic heterocycles. The van der Waals surface area contributed by atoms with E-state index in [4.69, 9.17) is 0 Å². The second kappa shape index (κ2) is 6.57. The van der Waals surface area contributed by atoms with Crippen LogP contribution in [0.5, 0.6) is 0 Å². The third-order valence-corrected chi connectivity index (χ3v) is 3.42. The number of anilines is 1. The fourth-order valence-electron chi connectivity index (χ4n) is 2.02. The summed E-state index contributed by atoms with van der Waals surface area (Å²) < 4.78 is 0. The van der Waals surface area contributed by atoms with Crippen molar-refractivity contribution in [2.75, 3.05) is 11.9 Å². The van der Waals surface area contributed by atoms with Gasteiger partial charge in [0.2, 0.25) is 0 Å². The van der Waals surface area contributed by atoms with Crippen molar-refractivity contribution in [1.82, 2.24) is 5.32 Å². The van der Waals surface area contributed by atoms with E-state index >= 15 is 0 Å². The molecule has 1 saturated carbocycles. The predicted octanol–water partition coefficient (Wildman–Crippen LogP) is 3.05. The highest BCUT2D eigenvalue weighted by Crippen LogP contribution is 2.33. The highest BCUT2D eigenvalue weighted by molar-refractivity contribution is 5.89. The van der Waals surface area contributed by atoms with Crippen molar-refractivity contribution in [3.63, 3.8) is 0 Å². The molecule has 1 aromatic rings. The van der Waals surface area contributed by atoms with Gasteiger partial charge in [-0.05, 0) is 43.4 Å². The average Bonchev–Trinajstić information content (AvgIpc) is 3.19. The zero-order valence-electron chi connectivity index (χ0n) is 11.4. The lowest BCUT2D eigenvalue weighted by Gasteiger charge is -2.09. The summed E-state index contributed by atoms with van der Waals surface area (Å²) in [4.78, 5) is 11.6. The Balaban J connectivity index is 1.68. The molecule has 2 rings (SSSR count). The van der Waals surface area contributed by atoms with Gasteiger partial charge in [0.1, 0.15) is 0 Å². The lowest BCUT2D eigenvalue weighted by molar-refractivity contribution is 0.199. The minimum Gasteiger partial charge on any atom is -0.389 e. The van der Waals surface area contributed by atoms with Crippen LogP contribution in [0.15, 0.2) is 24.3 Å². The first kappa shape index (κ1) is 13.9. The molecular formula is C15H22N2O2. The molecule has 2 amide bonds. The molecule has 0 heterocycles. The molecule has 104 valence electrons. The van der Waals surface area contributed by atoms with Crippen LogP contribution in [-0.4, -0.2) is 17.7 Å². The van der Waals surface area contributed by atoms with Gasteiger partial charge in [-0.15, -0.1) is 0 Å². The number of benzene rings is 1. The van der Waals surface area contributed by atoms with Crippen molar-refractivity contribution < 1.29 is 9.90 Å². The summed E-state index contributed by atoms with van der Waals surface area (Å²) in [7, 11) is 0. The average molecular weight is 262 g/mol. The molecule has 1 aliphatic rings. The van der Waals surface area contributed by atoms with Crippen LogP contribution < -0.4 is 10.6 Å². The first-order valence-corrected chi connectivity index (χ1v) is 6.98. The summed E-state index contributed by atoms with van der Waals surface area (Å²) in [5, 5.41) is 15.0. The van der Waals surface area contributed by atoms with E-state index in [1.165, 1.54) is 19.3 Å². The number of rotatable bonds is 6. The summed E-state index contributed by atoms with van der Waals surface area (Å²) in [6, 6.07) is 7.05. The smallest absolute Gasteiger partial charge is 0.319 e. The summed E-state index contributed by atoms with van der Waals surface area (Å²) in [6.07, 6.45) is 4.52. The van der Waals surface area contributed by atoms with Gasteiger partial charge in [-0.2, -0.15) is 0 Å². The van der Waals surface area contributed by atoms with E-state index in [1.807, 2.05) is 12.1 Å². The van der Waals surface area contributed by atoms with Crippen LogP contribution >= 0.6 is 0 Å². The monoisotopic (exact) mass is 262 g/mol. The Kier molecular flexibility index (Phi) is 4.80. The molecule has 3 N–H and O–H groups in total. The standard InChI is InChI=1S/C15H22N2O2/c1-11(18)13-6-8-14(9-7-13)17-15(19)16-10-2-3-12-4-5-12/h6-9,11-12,18H,2-5,10H2,1H3,(H2,16,17,19). The summed E-state index contributed by atoms with van der Waals surface area (Å²) >= 11 is 0. The van der Waals surface area contributed by atoms with Gasteiger partial charge < -0.3 is 15.7 Å². The molecule has 0 aromatic heterocycles. The molecule has 4 nitrogen and oxygen atoms in total. The summed E-state index contributed by atoms with van der Waals surface area (Å²) in [5.41, 5.74) is 1.58. The molecular weight excluding hydrogens is 240 g/mol. The second-order valence-electron chi connectivity index (χ2n) is 5.26. The van der Waals surface area contributed by atoms with E-state index in [-0.39, 0.29) is 6.03 Å². The Bertz CT molecular complexity index is 411. The van der Waals surface area contributed by atoms with E-state index in [1.54, 1.807) is 19.1 Å². The zero-order valence-corrected chi connectivity index (χ0v) is 11.4. The molecule has 19 heavy (non-hydrogen) atoms. The van der Waals surface area contributed by atoms with Crippen molar-refractivity contribution in [2.45, 2.75) is 38.7 Å². The Hall–Kier alpha value is -1.55. The topological polar surface area (TPSA) is 61.4 Å². The Labute approximate surface area is 114 Å². The van der Waals surface area contributed by atoms with Gasteiger partial charge in [-0.25, -0.2) is 4.79 Å². The van der Waals surface area contributed by atoms with Gasteiger partial charge in [-0.3, -0.25) is 0 Å². The predicted molar refractivity (Wildman–Crippen MR) is 76.1 cm³/mol. The van der Waals surface area contributed by atoms with Crippen molar-refractivity contribution in [3.05, 3.63) is 29.8 Å². The molecule has 1 aromatic carbocycles. The largest absolute Gasteiger partial charge is 0.389 e. The Morgan fingerprint density at radius 2 is 2.05 bits per heavy atom. The van der Waals surface area contributed by atoms with E-state index in [0.717, 1.165) is 30.1 Å². The minimum absolute atomic E-state index is 0.166. The Morgan fingerprint density at radius 3 is 2.63 bits per heavy atom. The van der Waals surface area contributed by atoms with E-state index in [0.29, 0.717) is 0 Å². The quantitative estimate of drug-likeness (QED) is 0.690. The van der Waals surface area contributed by atoms with Gasteiger partial charge >= 0.3 is 6.03 Å². The molecule has 1 fully saturated rings. The third-order valence-electron chi connectivity index (χ3n) is 3.42. The van der Waals surface area contributed by atoms with Crippen LogP contribution in [-0.2, 0) is 0 Å². The number of nitrogens with one attached hydrogen (secondary N) is 2. The lowest BCUT2D eigenvalue weighted by atomic mass is 10.1. The number of carbonyl (C=O) groups excluding carboxylic acids is 1. The van der Waals surface area contributed by atoms with Crippen LogP contribution in [0.25, 0.3) is 0 Å². The molecule has 1 atom stereocenters. The SMILES string of the molecule is CC(O)c1ccc(NC(=O)NCCCC2CC2)cc1. The normalized spacial score (nSPS) is 15.9. The fourth-order valence-corrected chi connectivity index (χ4v) is 2.02. The van der Waals surface area contributed by atoms with Crippen LogP contribution in [0.3, 0.4) is 0 Å². The van der Waals surface area contributed by atoms with E-state index in [2.05, 4.69) is 10.6 Å². The van der Waals surface area contributed by atoms with Gasteiger partial charge in [-0.1, -0.05) is 25.0 Å².